The molecule has 0 atom stereocenters. The van der Waals surface area contributed by atoms with Gasteiger partial charge < -0.3 is 15.0 Å². The van der Waals surface area contributed by atoms with Crippen LogP contribution in [0.1, 0.15) is 26.2 Å². The third-order valence-electron chi connectivity index (χ3n) is 4.57. The summed E-state index contributed by atoms with van der Waals surface area (Å²) in [6.07, 6.45) is 1.91. The lowest BCUT2D eigenvalue weighted by molar-refractivity contribution is -0.135. The highest BCUT2D eigenvalue weighted by Gasteiger charge is 2.22. The molecule has 1 heterocycles. The molecule has 5 nitrogen and oxygen atoms in total. The number of nitrogens with one attached hydrogen (secondary N) is 1. The number of ether oxygens (including phenoxy) is 1. The van der Waals surface area contributed by atoms with Crippen LogP contribution in [0.2, 0.25) is 0 Å². The molecule has 0 unspecified atom stereocenters. The molecule has 0 saturated carbocycles. The Morgan fingerprint density at radius 2 is 1.62 bits per heavy atom. The summed E-state index contributed by atoms with van der Waals surface area (Å²) in [7, 11) is 0. The Balaban J connectivity index is 1.49. The zero-order chi connectivity index (χ0) is 18.4. The lowest BCUT2D eigenvalue weighted by Crippen LogP contribution is -2.39. The van der Waals surface area contributed by atoms with Gasteiger partial charge in [-0.25, -0.2) is 0 Å². The normalized spacial score (nSPS) is 14.7. The largest absolute Gasteiger partial charge is 0.457 e. The maximum Gasteiger partial charge on any atom is 0.233 e. The van der Waals surface area contributed by atoms with Crippen molar-refractivity contribution in [2.75, 3.05) is 18.4 Å². The van der Waals surface area contributed by atoms with E-state index in [4.69, 9.17) is 4.74 Å². The van der Waals surface area contributed by atoms with Crippen LogP contribution in [0.4, 0.5) is 5.69 Å². The lowest BCUT2D eigenvalue weighted by atomic mass is 9.99. The Morgan fingerprint density at radius 3 is 2.27 bits per heavy atom. The van der Waals surface area contributed by atoms with Gasteiger partial charge in [-0.1, -0.05) is 25.1 Å². The zero-order valence-corrected chi connectivity index (χ0v) is 15.0. The van der Waals surface area contributed by atoms with Crippen molar-refractivity contribution >= 4 is 17.5 Å². The predicted octanol–water partition coefficient (Wildman–Crippen LogP) is 4.07. The minimum atomic E-state index is -0.287. The third kappa shape index (κ3) is 5.09. The van der Waals surface area contributed by atoms with E-state index in [2.05, 4.69) is 12.2 Å². The van der Waals surface area contributed by atoms with E-state index in [9.17, 15) is 9.59 Å². The summed E-state index contributed by atoms with van der Waals surface area (Å²) in [5, 5.41) is 2.77. The van der Waals surface area contributed by atoms with Gasteiger partial charge in [0, 0.05) is 18.8 Å². The van der Waals surface area contributed by atoms with Gasteiger partial charge in [0.15, 0.2) is 0 Å². The van der Waals surface area contributed by atoms with Crippen LogP contribution in [0, 0.1) is 5.92 Å². The average Bonchev–Trinajstić information content (AvgIpc) is 2.64. The number of piperidine rings is 1. The second-order valence-corrected chi connectivity index (χ2v) is 6.73. The zero-order valence-electron chi connectivity index (χ0n) is 15.0. The molecule has 26 heavy (non-hydrogen) atoms. The minimum Gasteiger partial charge on any atom is -0.457 e. The third-order valence-corrected chi connectivity index (χ3v) is 4.57. The maximum atomic E-state index is 12.2. The smallest absolute Gasteiger partial charge is 0.233 e. The average molecular weight is 352 g/mol. The van der Waals surface area contributed by atoms with E-state index in [1.165, 1.54) is 0 Å². The molecule has 3 rings (SSSR count). The number of carbonyl (C=O) groups is 2. The van der Waals surface area contributed by atoms with E-state index in [1.807, 2.05) is 30.3 Å². The lowest BCUT2D eigenvalue weighted by Gasteiger charge is -2.30. The van der Waals surface area contributed by atoms with Crippen LogP contribution in [0.25, 0.3) is 0 Å². The maximum absolute atomic E-state index is 12.2. The highest BCUT2D eigenvalue weighted by atomic mass is 16.5. The Hall–Kier alpha value is -2.82. The van der Waals surface area contributed by atoms with Gasteiger partial charge in [-0.15, -0.1) is 0 Å². The van der Waals surface area contributed by atoms with Crippen LogP contribution in [0.3, 0.4) is 0 Å². The quantitative estimate of drug-likeness (QED) is 0.826. The van der Waals surface area contributed by atoms with E-state index in [-0.39, 0.29) is 18.2 Å². The van der Waals surface area contributed by atoms with Gasteiger partial charge in [-0.2, -0.15) is 0 Å². The summed E-state index contributed by atoms with van der Waals surface area (Å²) >= 11 is 0. The number of carbonyl (C=O) groups excluding carboxylic acids is 2. The van der Waals surface area contributed by atoms with Crippen molar-refractivity contribution in [3.05, 3.63) is 54.6 Å². The molecule has 1 saturated heterocycles. The summed E-state index contributed by atoms with van der Waals surface area (Å²) in [6, 6.07) is 16.6. The van der Waals surface area contributed by atoms with Crippen molar-refractivity contribution in [3.63, 3.8) is 0 Å². The summed E-state index contributed by atoms with van der Waals surface area (Å²) in [6.45, 7) is 3.69. The van der Waals surface area contributed by atoms with E-state index < -0.39 is 0 Å². The monoisotopic (exact) mass is 352 g/mol. The fourth-order valence-corrected chi connectivity index (χ4v) is 2.94. The van der Waals surface area contributed by atoms with Gasteiger partial charge >= 0.3 is 0 Å². The molecule has 2 amide bonds. The van der Waals surface area contributed by atoms with Crippen molar-refractivity contribution < 1.29 is 14.3 Å². The van der Waals surface area contributed by atoms with Crippen molar-refractivity contribution in [1.82, 2.24) is 4.90 Å². The molecule has 5 heteroatoms. The van der Waals surface area contributed by atoms with E-state index in [1.54, 1.807) is 29.2 Å². The number of anilines is 1. The number of benzene rings is 2. The van der Waals surface area contributed by atoms with Crippen LogP contribution < -0.4 is 10.1 Å². The van der Waals surface area contributed by atoms with Crippen LogP contribution in [0.5, 0.6) is 11.5 Å². The fraction of sp³-hybridized carbons (Fsp3) is 0.333. The first-order chi connectivity index (χ1) is 12.6. The number of likely N-dealkylation sites (tertiary alicyclic amines) is 1. The van der Waals surface area contributed by atoms with E-state index in [0.29, 0.717) is 17.4 Å². The Bertz CT molecular complexity index is 736. The van der Waals surface area contributed by atoms with Crippen LogP contribution in [-0.4, -0.2) is 29.8 Å². The first-order valence-corrected chi connectivity index (χ1v) is 9.01. The van der Waals surface area contributed by atoms with Gasteiger partial charge in [-0.05, 0) is 55.2 Å². The van der Waals surface area contributed by atoms with Gasteiger partial charge in [0.05, 0.1) is 0 Å². The highest BCUT2D eigenvalue weighted by Crippen LogP contribution is 2.23. The summed E-state index contributed by atoms with van der Waals surface area (Å²) < 4.78 is 5.72. The summed E-state index contributed by atoms with van der Waals surface area (Å²) in [5.41, 5.74) is 0.649. The number of hydrogen-bond acceptors (Lipinski definition) is 3. The number of nitrogens with zero attached hydrogens (tertiary/aromatic N) is 1. The molecule has 0 spiro atoms. The molecule has 1 aliphatic heterocycles. The van der Waals surface area contributed by atoms with Crippen molar-refractivity contribution in [3.8, 4) is 11.5 Å². The Labute approximate surface area is 154 Å². The SMILES string of the molecule is CC1CCN(C(=O)CC(=O)Nc2ccc(Oc3ccccc3)cc2)CC1. The summed E-state index contributed by atoms with van der Waals surface area (Å²) in [5.74, 6) is 1.71. The molecule has 1 aliphatic rings. The van der Waals surface area contributed by atoms with Gasteiger partial charge in [0.25, 0.3) is 0 Å². The topological polar surface area (TPSA) is 58.6 Å². The van der Waals surface area contributed by atoms with E-state index in [0.717, 1.165) is 31.7 Å². The first kappa shape index (κ1) is 18.0. The summed E-state index contributed by atoms with van der Waals surface area (Å²) in [4.78, 5) is 26.1. The van der Waals surface area contributed by atoms with Crippen LogP contribution in [0.15, 0.2) is 54.6 Å². The molecule has 0 radical (unpaired) electrons. The number of hydrogen-bond donors (Lipinski definition) is 1. The molecular weight excluding hydrogens is 328 g/mol. The van der Waals surface area contributed by atoms with Gasteiger partial charge in [0.2, 0.25) is 11.8 Å². The van der Waals surface area contributed by atoms with Crippen molar-refractivity contribution in [1.29, 1.82) is 0 Å². The molecule has 1 N–H and O–H groups in total. The van der Waals surface area contributed by atoms with Gasteiger partial charge in [0.1, 0.15) is 17.9 Å². The first-order valence-electron chi connectivity index (χ1n) is 9.01. The molecular formula is C21H24N2O3. The number of rotatable bonds is 5. The molecule has 0 aromatic heterocycles. The highest BCUT2D eigenvalue weighted by molar-refractivity contribution is 6.03. The molecule has 2 aromatic rings. The molecule has 1 fully saturated rings. The Kier molecular flexibility index (Phi) is 5.89. The van der Waals surface area contributed by atoms with E-state index >= 15 is 0 Å². The second kappa shape index (κ2) is 8.52. The fourth-order valence-electron chi connectivity index (χ4n) is 2.94. The van der Waals surface area contributed by atoms with Crippen molar-refractivity contribution in [2.45, 2.75) is 26.2 Å². The Morgan fingerprint density at radius 1 is 1.00 bits per heavy atom. The number of para-hydroxylation sites is 1. The minimum absolute atomic E-state index is 0.0987. The molecule has 0 aliphatic carbocycles. The van der Waals surface area contributed by atoms with Crippen molar-refractivity contribution in [2.24, 2.45) is 5.92 Å². The van der Waals surface area contributed by atoms with Gasteiger partial charge in [-0.3, -0.25) is 9.59 Å². The second-order valence-electron chi connectivity index (χ2n) is 6.73. The molecule has 0 bridgehead atoms. The number of amides is 2. The standard InChI is InChI=1S/C21H24N2O3/c1-16-11-13-23(14-12-16)21(25)15-20(24)22-17-7-9-19(10-8-17)26-18-5-3-2-4-6-18/h2-10,16H,11-15H2,1H3,(H,22,24). The molecule has 2 aromatic carbocycles. The predicted molar refractivity (Wildman–Crippen MR) is 101 cm³/mol. The van der Waals surface area contributed by atoms with Crippen LogP contribution >= 0.6 is 0 Å². The molecule has 136 valence electrons. The van der Waals surface area contributed by atoms with Crippen LogP contribution in [-0.2, 0) is 9.59 Å².